The molecular formula is C19H23ClN2O5S2. The molecule has 1 fully saturated rings. The van der Waals surface area contributed by atoms with E-state index in [0.717, 1.165) is 24.2 Å². The average molecular weight is 459 g/mol. The van der Waals surface area contributed by atoms with Crippen molar-refractivity contribution in [3.8, 4) is 11.5 Å². The van der Waals surface area contributed by atoms with Crippen LogP contribution in [0.2, 0.25) is 5.02 Å². The quantitative estimate of drug-likeness (QED) is 0.654. The molecule has 1 aliphatic heterocycles. The van der Waals surface area contributed by atoms with Crippen molar-refractivity contribution in [2.45, 2.75) is 31.2 Å². The van der Waals surface area contributed by atoms with Crippen LogP contribution in [-0.2, 0) is 16.6 Å². The molecule has 1 amide bonds. The molecule has 158 valence electrons. The van der Waals surface area contributed by atoms with Crippen molar-refractivity contribution in [2.75, 3.05) is 26.8 Å². The predicted octanol–water partition coefficient (Wildman–Crippen LogP) is 3.52. The Balaban J connectivity index is 1.76. The van der Waals surface area contributed by atoms with E-state index >= 15 is 0 Å². The predicted molar refractivity (Wildman–Crippen MR) is 113 cm³/mol. The van der Waals surface area contributed by atoms with Gasteiger partial charge in [-0.3, -0.25) is 4.79 Å². The highest BCUT2D eigenvalue weighted by molar-refractivity contribution is 7.89. The van der Waals surface area contributed by atoms with Crippen LogP contribution in [0.5, 0.6) is 11.5 Å². The van der Waals surface area contributed by atoms with Gasteiger partial charge in [0.05, 0.1) is 18.7 Å². The smallest absolute Gasteiger partial charge is 0.263 e. The number of nitrogens with zero attached hydrogens (tertiary/aromatic N) is 1. The number of halogens is 1. The van der Waals surface area contributed by atoms with Gasteiger partial charge in [0.15, 0.2) is 11.5 Å². The maximum atomic E-state index is 12.8. The molecule has 0 spiro atoms. The molecule has 0 atom stereocenters. The van der Waals surface area contributed by atoms with Crippen molar-refractivity contribution in [2.24, 2.45) is 0 Å². The Morgan fingerprint density at radius 1 is 1.31 bits per heavy atom. The Hall–Kier alpha value is -1.81. The summed E-state index contributed by atoms with van der Waals surface area (Å²) in [7, 11) is -2.15. The van der Waals surface area contributed by atoms with Crippen LogP contribution >= 0.6 is 22.9 Å². The van der Waals surface area contributed by atoms with Gasteiger partial charge in [-0.05, 0) is 48.9 Å². The van der Waals surface area contributed by atoms with Crippen LogP contribution in [0, 0.1) is 0 Å². The second-order valence-corrected chi connectivity index (χ2v) is 9.68. The lowest BCUT2D eigenvalue weighted by Crippen LogP contribution is -2.30. The minimum absolute atomic E-state index is 0.0595. The Kier molecular flexibility index (Phi) is 7.05. The van der Waals surface area contributed by atoms with E-state index in [4.69, 9.17) is 21.1 Å². The molecule has 2 aromatic rings. The van der Waals surface area contributed by atoms with Gasteiger partial charge in [-0.15, -0.1) is 11.3 Å². The number of ether oxygens (including phenoxy) is 2. The first-order valence-corrected chi connectivity index (χ1v) is 11.9. The number of thiophene rings is 1. The third-order valence-electron chi connectivity index (χ3n) is 4.55. The van der Waals surface area contributed by atoms with Crippen LogP contribution in [0.1, 0.15) is 35.0 Å². The largest absolute Gasteiger partial charge is 0.493 e. The number of hydrogen-bond acceptors (Lipinski definition) is 6. The number of rotatable bonds is 8. The Bertz CT molecular complexity index is 984. The van der Waals surface area contributed by atoms with Crippen molar-refractivity contribution in [1.82, 2.24) is 9.62 Å². The van der Waals surface area contributed by atoms with Crippen LogP contribution in [0.15, 0.2) is 28.5 Å². The van der Waals surface area contributed by atoms with Crippen LogP contribution in [-0.4, -0.2) is 45.4 Å². The molecule has 2 heterocycles. The van der Waals surface area contributed by atoms with Gasteiger partial charge in [0, 0.05) is 19.6 Å². The highest BCUT2D eigenvalue weighted by Gasteiger charge is 2.31. The van der Waals surface area contributed by atoms with E-state index in [1.54, 1.807) is 17.5 Å². The molecule has 1 aliphatic rings. The fourth-order valence-electron chi connectivity index (χ4n) is 3.16. The van der Waals surface area contributed by atoms with Gasteiger partial charge in [-0.1, -0.05) is 11.6 Å². The lowest BCUT2D eigenvalue weighted by Gasteiger charge is -2.16. The maximum Gasteiger partial charge on any atom is 0.263 e. The maximum absolute atomic E-state index is 12.8. The SMILES string of the molecule is CCOc1c(Cl)cc(CNC(=O)c2sccc2S(=O)(=O)N2CCCC2)cc1OC. The standard InChI is InChI=1S/C19H23ClN2O5S2/c1-3-27-17-14(20)10-13(11-15(17)26-2)12-21-19(23)18-16(6-9-28-18)29(24,25)22-7-4-5-8-22/h6,9-11H,3-5,7-8,12H2,1-2H3,(H,21,23). The van der Waals surface area contributed by atoms with E-state index < -0.39 is 15.9 Å². The zero-order chi connectivity index (χ0) is 21.0. The number of amides is 1. The summed E-state index contributed by atoms with van der Waals surface area (Å²) in [6.07, 6.45) is 1.68. The van der Waals surface area contributed by atoms with Crippen LogP contribution < -0.4 is 14.8 Å². The first kappa shape index (κ1) is 21.9. The van der Waals surface area contributed by atoms with E-state index in [0.29, 0.717) is 41.8 Å². The molecule has 1 aromatic carbocycles. The molecule has 3 rings (SSSR count). The fourth-order valence-corrected chi connectivity index (χ4v) is 6.28. The molecule has 7 nitrogen and oxygen atoms in total. The lowest BCUT2D eigenvalue weighted by molar-refractivity contribution is 0.0952. The summed E-state index contributed by atoms with van der Waals surface area (Å²) >= 11 is 7.37. The van der Waals surface area contributed by atoms with E-state index in [-0.39, 0.29) is 16.3 Å². The molecule has 0 saturated carbocycles. The highest BCUT2D eigenvalue weighted by atomic mass is 35.5. The van der Waals surface area contributed by atoms with Crippen molar-refractivity contribution in [3.05, 3.63) is 39.0 Å². The Morgan fingerprint density at radius 2 is 2.03 bits per heavy atom. The summed E-state index contributed by atoms with van der Waals surface area (Å²) in [4.78, 5) is 12.9. The van der Waals surface area contributed by atoms with Crippen molar-refractivity contribution in [3.63, 3.8) is 0 Å². The van der Waals surface area contributed by atoms with Crippen LogP contribution in [0.4, 0.5) is 0 Å². The van der Waals surface area contributed by atoms with Crippen molar-refractivity contribution >= 4 is 38.9 Å². The monoisotopic (exact) mass is 458 g/mol. The van der Waals surface area contributed by atoms with E-state index in [2.05, 4.69) is 5.32 Å². The van der Waals surface area contributed by atoms with Gasteiger partial charge in [0.2, 0.25) is 10.0 Å². The first-order chi connectivity index (χ1) is 13.9. The third-order valence-corrected chi connectivity index (χ3v) is 7.81. The third kappa shape index (κ3) is 4.69. The van der Waals surface area contributed by atoms with Gasteiger partial charge >= 0.3 is 0 Å². The van der Waals surface area contributed by atoms with Crippen molar-refractivity contribution < 1.29 is 22.7 Å². The van der Waals surface area contributed by atoms with Gasteiger partial charge in [-0.25, -0.2) is 8.42 Å². The second kappa shape index (κ2) is 9.34. The molecule has 0 unspecified atom stereocenters. The Labute approximate surface area is 179 Å². The van der Waals surface area contributed by atoms with Gasteiger partial charge < -0.3 is 14.8 Å². The molecule has 29 heavy (non-hydrogen) atoms. The summed E-state index contributed by atoms with van der Waals surface area (Å²) in [5, 5.41) is 4.77. The number of benzene rings is 1. The number of carbonyl (C=O) groups is 1. The molecule has 0 radical (unpaired) electrons. The van der Waals surface area contributed by atoms with E-state index in [1.165, 1.54) is 17.5 Å². The van der Waals surface area contributed by atoms with Crippen LogP contribution in [0.25, 0.3) is 0 Å². The summed E-state index contributed by atoms with van der Waals surface area (Å²) in [6, 6.07) is 4.91. The second-order valence-electron chi connectivity index (χ2n) is 6.45. The fraction of sp³-hybridized carbons (Fsp3) is 0.421. The average Bonchev–Trinajstić information content (AvgIpc) is 3.40. The minimum atomic E-state index is -3.66. The van der Waals surface area contributed by atoms with Crippen LogP contribution in [0.3, 0.4) is 0 Å². The summed E-state index contributed by atoms with van der Waals surface area (Å²) in [5.41, 5.74) is 0.712. The molecular weight excluding hydrogens is 436 g/mol. The number of methoxy groups -OCH3 is 1. The van der Waals surface area contributed by atoms with Crippen molar-refractivity contribution in [1.29, 1.82) is 0 Å². The lowest BCUT2D eigenvalue weighted by atomic mass is 10.2. The molecule has 0 aliphatic carbocycles. The molecule has 1 aromatic heterocycles. The molecule has 10 heteroatoms. The summed E-state index contributed by atoms with van der Waals surface area (Å²) < 4.78 is 37.9. The van der Waals surface area contributed by atoms with Gasteiger partial charge in [-0.2, -0.15) is 4.31 Å². The topological polar surface area (TPSA) is 84.9 Å². The highest BCUT2D eigenvalue weighted by Crippen LogP contribution is 2.36. The zero-order valence-electron chi connectivity index (χ0n) is 16.2. The van der Waals surface area contributed by atoms with E-state index in [1.807, 2.05) is 6.92 Å². The zero-order valence-corrected chi connectivity index (χ0v) is 18.6. The first-order valence-electron chi connectivity index (χ1n) is 9.23. The minimum Gasteiger partial charge on any atom is -0.493 e. The van der Waals surface area contributed by atoms with Gasteiger partial charge in [0.1, 0.15) is 9.77 Å². The number of carbonyl (C=O) groups excluding carboxylic acids is 1. The summed E-state index contributed by atoms with van der Waals surface area (Å²) in [6.45, 7) is 3.44. The molecule has 1 saturated heterocycles. The normalized spacial score (nSPS) is 14.7. The number of nitrogens with one attached hydrogen (secondary N) is 1. The number of sulfonamides is 1. The molecule has 0 bridgehead atoms. The summed E-state index contributed by atoms with van der Waals surface area (Å²) in [5.74, 6) is 0.475. The van der Waals surface area contributed by atoms with Gasteiger partial charge in [0.25, 0.3) is 5.91 Å². The molecule has 1 N–H and O–H groups in total. The number of hydrogen-bond donors (Lipinski definition) is 1. The van der Waals surface area contributed by atoms with E-state index in [9.17, 15) is 13.2 Å². The Morgan fingerprint density at radius 3 is 2.69 bits per heavy atom.